The number of methoxy groups -OCH3 is 1. The Kier molecular flexibility index (Phi) is 5.11. The normalized spacial score (nSPS) is 12.8. The van der Waals surface area contributed by atoms with Crippen LogP contribution in [0.4, 0.5) is 0 Å². The number of rotatable bonds is 6. The van der Waals surface area contributed by atoms with Crippen molar-refractivity contribution in [1.82, 2.24) is 9.71 Å². The number of hydrogen-bond donors (Lipinski definition) is 2. The highest BCUT2D eigenvalue weighted by Crippen LogP contribution is 2.17. The topological polar surface area (TPSA) is 88.3 Å². The lowest BCUT2D eigenvalue weighted by atomic mass is 10.1. The number of nitrogens with one attached hydrogen (secondary N) is 2. The number of sulfonamides is 1. The quantitative estimate of drug-likeness (QED) is 0.651. The Hall–Kier alpha value is -2.64. The van der Waals surface area contributed by atoms with Crippen LogP contribution in [0.1, 0.15) is 11.3 Å². The summed E-state index contributed by atoms with van der Waals surface area (Å²) in [6.07, 6.45) is 0.159. The minimum Gasteiger partial charge on any atom is -0.468 e. The number of aryl methyl sites for hydroxylation is 1. The molecule has 1 aromatic heterocycles. The summed E-state index contributed by atoms with van der Waals surface area (Å²) in [5, 5.41) is 0.993. The number of para-hydroxylation sites is 1. The first-order valence-electron chi connectivity index (χ1n) is 8.12. The average molecular weight is 372 g/mol. The molecule has 1 atom stereocenters. The van der Waals surface area contributed by atoms with Crippen LogP contribution >= 0.6 is 0 Å². The highest BCUT2D eigenvalue weighted by atomic mass is 32.2. The number of ether oxygens (including phenoxy) is 1. The molecular weight excluding hydrogens is 352 g/mol. The van der Waals surface area contributed by atoms with E-state index in [0.717, 1.165) is 22.2 Å². The molecule has 0 bridgehead atoms. The molecule has 6 nitrogen and oxygen atoms in total. The molecule has 0 saturated carbocycles. The maximum atomic E-state index is 12.6. The number of esters is 1. The van der Waals surface area contributed by atoms with Crippen molar-refractivity contribution in [3.05, 3.63) is 65.9 Å². The van der Waals surface area contributed by atoms with E-state index in [2.05, 4.69) is 9.71 Å². The van der Waals surface area contributed by atoms with Crippen molar-refractivity contribution in [2.45, 2.75) is 24.3 Å². The molecule has 7 heteroatoms. The first-order chi connectivity index (χ1) is 12.4. The molecule has 3 aromatic rings. The summed E-state index contributed by atoms with van der Waals surface area (Å²) in [6.45, 7) is 1.87. The first-order valence-corrected chi connectivity index (χ1v) is 9.61. The Morgan fingerprint density at radius 2 is 1.85 bits per heavy atom. The molecule has 0 amide bonds. The zero-order valence-electron chi connectivity index (χ0n) is 14.5. The van der Waals surface area contributed by atoms with Crippen LogP contribution in [0.5, 0.6) is 0 Å². The Bertz CT molecular complexity index is 990. The summed E-state index contributed by atoms with van der Waals surface area (Å²) < 4.78 is 32.4. The van der Waals surface area contributed by atoms with Gasteiger partial charge in [-0.1, -0.05) is 35.9 Å². The number of carbonyl (C=O) groups excluding carboxylic acids is 1. The van der Waals surface area contributed by atoms with Gasteiger partial charge in [-0.05, 0) is 36.6 Å². The molecular formula is C19H20N2O4S. The van der Waals surface area contributed by atoms with Gasteiger partial charge >= 0.3 is 5.97 Å². The van der Waals surface area contributed by atoms with Crippen LogP contribution in [0.3, 0.4) is 0 Å². The predicted octanol–water partition coefficient (Wildman–Crippen LogP) is 2.54. The molecule has 0 aliphatic heterocycles. The van der Waals surface area contributed by atoms with Gasteiger partial charge in [0.25, 0.3) is 0 Å². The number of hydrogen-bond acceptors (Lipinski definition) is 4. The second-order valence-electron chi connectivity index (χ2n) is 6.10. The summed E-state index contributed by atoms with van der Waals surface area (Å²) in [6, 6.07) is 15.0. The SMILES string of the molecule is COC(=O)[C@@H](Cc1cc2ccccc2[nH]1)NS(=O)(=O)c1ccc(C)cc1. The number of carbonyl (C=O) groups is 1. The Morgan fingerprint density at radius 3 is 2.50 bits per heavy atom. The lowest BCUT2D eigenvalue weighted by Gasteiger charge is -2.16. The fourth-order valence-corrected chi connectivity index (χ4v) is 3.94. The summed E-state index contributed by atoms with van der Waals surface area (Å²) in [7, 11) is -2.61. The Labute approximate surface area is 152 Å². The zero-order valence-corrected chi connectivity index (χ0v) is 15.3. The molecule has 2 aromatic carbocycles. The minimum atomic E-state index is -3.85. The van der Waals surface area contributed by atoms with Crippen LogP contribution in [0, 0.1) is 6.92 Å². The van der Waals surface area contributed by atoms with Crippen molar-refractivity contribution in [2.24, 2.45) is 0 Å². The minimum absolute atomic E-state index is 0.105. The van der Waals surface area contributed by atoms with E-state index in [1.54, 1.807) is 12.1 Å². The zero-order chi connectivity index (χ0) is 18.7. The molecule has 1 heterocycles. The highest BCUT2D eigenvalue weighted by molar-refractivity contribution is 7.89. The van der Waals surface area contributed by atoms with Crippen molar-refractivity contribution in [2.75, 3.05) is 7.11 Å². The van der Waals surface area contributed by atoms with E-state index in [9.17, 15) is 13.2 Å². The molecule has 2 N–H and O–H groups in total. The molecule has 136 valence electrons. The van der Waals surface area contributed by atoms with E-state index < -0.39 is 22.0 Å². The Balaban J connectivity index is 1.86. The van der Waals surface area contributed by atoms with Crippen LogP contribution in [-0.2, 0) is 26.0 Å². The fraction of sp³-hybridized carbons (Fsp3) is 0.211. The lowest BCUT2D eigenvalue weighted by Crippen LogP contribution is -2.43. The van der Waals surface area contributed by atoms with Crippen molar-refractivity contribution in [3.8, 4) is 0 Å². The largest absolute Gasteiger partial charge is 0.468 e. The smallest absolute Gasteiger partial charge is 0.324 e. The van der Waals surface area contributed by atoms with E-state index in [1.807, 2.05) is 37.3 Å². The standard InChI is InChI=1S/C19H20N2O4S/c1-13-7-9-16(10-8-13)26(23,24)21-18(19(22)25-2)12-15-11-14-5-3-4-6-17(14)20-15/h3-11,18,20-21H,12H2,1-2H3/t18-/m1/s1. The van der Waals surface area contributed by atoms with Crippen LogP contribution in [-0.4, -0.2) is 32.5 Å². The molecule has 0 aliphatic rings. The van der Waals surface area contributed by atoms with Gasteiger partial charge in [-0.15, -0.1) is 0 Å². The number of aromatic amines is 1. The third-order valence-corrected chi connectivity index (χ3v) is 5.61. The average Bonchev–Trinajstić information content (AvgIpc) is 3.03. The van der Waals surface area contributed by atoms with E-state index in [-0.39, 0.29) is 11.3 Å². The van der Waals surface area contributed by atoms with Crippen LogP contribution < -0.4 is 4.72 Å². The Morgan fingerprint density at radius 1 is 1.15 bits per heavy atom. The fourth-order valence-electron chi connectivity index (χ4n) is 2.75. The summed E-state index contributed by atoms with van der Waals surface area (Å²) in [4.78, 5) is 15.4. The molecule has 0 radical (unpaired) electrons. The van der Waals surface area contributed by atoms with Crippen LogP contribution in [0.25, 0.3) is 10.9 Å². The highest BCUT2D eigenvalue weighted by Gasteiger charge is 2.27. The van der Waals surface area contributed by atoms with Crippen molar-refractivity contribution in [1.29, 1.82) is 0 Å². The lowest BCUT2D eigenvalue weighted by molar-refractivity contribution is -0.142. The van der Waals surface area contributed by atoms with Gasteiger partial charge in [0.05, 0.1) is 12.0 Å². The van der Waals surface area contributed by atoms with Gasteiger partial charge in [-0.25, -0.2) is 8.42 Å². The number of H-pyrrole nitrogens is 1. The van der Waals surface area contributed by atoms with E-state index in [4.69, 9.17) is 4.74 Å². The number of fused-ring (bicyclic) bond motifs is 1. The number of aromatic nitrogens is 1. The van der Waals surface area contributed by atoms with Gasteiger partial charge in [0, 0.05) is 17.6 Å². The third kappa shape index (κ3) is 3.95. The summed E-state index contributed by atoms with van der Waals surface area (Å²) in [5.74, 6) is -0.639. The van der Waals surface area contributed by atoms with Gasteiger partial charge in [0.15, 0.2) is 0 Å². The molecule has 0 spiro atoms. The molecule has 0 unspecified atom stereocenters. The van der Waals surface area contributed by atoms with E-state index >= 15 is 0 Å². The van der Waals surface area contributed by atoms with Crippen molar-refractivity contribution >= 4 is 26.9 Å². The molecule has 0 fully saturated rings. The molecule has 0 aliphatic carbocycles. The summed E-state index contributed by atoms with van der Waals surface area (Å²) in [5.41, 5.74) is 2.62. The second kappa shape index (κ2) is 7.31. The van der Waals surface area contributed by atoms with Gasteiger partial charge in [0.2, 0.25) is 10.0 Å². The molecule has 0 saturated heterocycles. The molecule has 26 heavy (non-hydrogen) atoms. The van der Waals surface area contributed by atoms with Gasteiger partial charge < -0.3 is 9.72 Å². The predicted molar refractivity (Wildman–Crippen MR) is 99.3 cm³/mol. The van der Waals surface area contributed by atoms with E-state index in [0.29, 0.717) is 0 Å². The first kappa shape index (κ1) is 18.2. The third-order valence-electron chi connectivity index (χ3n) is 4.12. The second-order valence-corrected chi connectivity index (χ2v) is 7.81. The maximum Gasteiger partial charge on any atom is 0.324 e. The van der Waals surface area contributed by atoms with Crippen molar-refractivity contribution in [3.63, 3.8) is 0 Å². The van der Waals surface area contributed by atoms with Gasteiger partial charge in [0.1, 0.15) is 6.04 Å². The molecule has 3 rings (SSSR count). The van der Waals surface area contributed by atoms with Gasteiger partial charge in [-0.2, -0.15) is 4.72 Å². The number of benzene rings is 2. The maximum absolute atomic E-state index is 12.6. The summed E-state index contributed by atoms with van der Waals surface area (Å²) >= 11 is 0. The van der Waals surface area contributed by atoms with Gasteiger partial charge in [-0.3, -0.25) is 4.79 Å². The van der Waals surface area contributed by atoms with Crippen molar-refractivity contribution < 1.29 is 17.9 Å². The van der Waals surface area contributed by atoms with Crippen LogP contribution in [0.15, 0.2) is 59.5 Å². The van der Waals surface area contributed by atoms with Crippen LogP contribution in [0.2, 0.25) is 0 Å². The monoisotopic (exact) mass is 372 g/mol. The van der Waals surface area contributed by atoms with E-state index in [1.165, 1.54) is 19.2 Å².